The smallest absolute Gasteiger partial charge is 0.307 e. The summed E-state index contributed by atoms with van der Waals surface area (Å²) in [7, 11) is -2.27. The zero-order valence-corrected chi connectivity index (χ0v) is 13.9. The van der Waals surface area contributed by atoms with Gasteiger partial charge in [-0.3, -0.25) is 9.48 Å². The monoisotopic (exact) mass is 328 g/mol. The van der Waals surface area contributed by atoms with Crippen LogP contribution in [0.3, 0.4) is 0 Å². The van der Waals surface area contributed by atoms with Gasteiger partial charge in [0.05, 0.1) is 12.3 Å². The predicted molar refractivity (Wildman–Crippen MR) is 79.7 cm³/mol. The van der Waals surface area contributed by atoms with Gasteiger partial charge in [-0.2, -0.15) is 13.7 Å². The maximum atomic E-state index is 12.4. The number of carbonyl (C=O) groups excluding carboxylic acids is 1. The van der Waals surface area contributed by atoms with Crippen LogP contribution in [0.1, 0.15) is 43.5 Å². The van der Waals surface area contributed by atoms with Crippen molar-refractivity contribution in [3.05, 3.63) is 11.8 Å². The number of nitrogens with zero attached hydrogens (tertiary/aromatic N) is 3. The van der Waals surface area contributed by atoms with Gasteiger partial charge >= 0.3 is 10.1 Å². The van der Waals surface area contributed by atoms with Crippen molar-refractivity contribution in [1.82, 2.24) is 15.1 Å². The van der Waals surface area contributed by atoms with E-state index in [4.69, 9.17) is 4.18 Å². The third-order valence-electron chi connectivity index (χ3n) is 3.12. The number of nitrogens with one attached hydrogen (secondary N) is 1. The zero-order valence-electron chi connectivity index (χ0n) is 13.1. The van der Waals surface area contributed by atoms with Crippen LogP contribution in [0, 0.1) is 11.3 Å². The molecule has 1 aromatic rings. The largest absolute Gasteiger partial charge is 0.359 e. The highest BCUT2D eigenvalue weighted by Gasteiger charge is 2.31. The molecule has 0 bridgehead atoms. The first-order chi connectivity index (χ1) is 10.2. The Morgan fingerprint density at radius 3 is 2.64 bits per heavy atom. The van der Waals surface area contributed by atoms with Gasteiger partial charge in [0.15, 0.2) is 0 Å². The van der Waals surface area contributed by atoms with Gasteiger partial charge in [0, 0.05) is 13.2 Å². The Morgan fingerprint density at radius 1 is 1.55 bits per heavy atom. The quantitative estimate of drug-likeness (QED) is 0.746. The lowest BCUT2D eigenvalue weighted by molar-refractivity contribution is 0.0912. The van der Waals surface area contributed by atoms with Gasteiger partial charge in [0.25, 0.3) is 11.8 Å². The first kappa shape index (κ1) is 18.0. The van der Waals surface area contributed by atoms with E-state index in [-0.39, 0.29) is 11.4 Å². The molecule has 8 nitrogen and oxygen atoms in total. The topological polar surface area (TPSA) is 114 Å². The van der Waals surface area contributed by atoms with Crippen molar-refractivity contribution < 1.29 is 17.4 Å². The standard InChI is InChI=1S/C13H20N4O4S/c1-5-7-13(6-2,9-14)15-11(18)10-8-17(3)16-12(10)21-22(4,19)20/h8H,5-7H2,1-4H3,(H,15,18). The highest BCUT2D eigenvalue weighted by molar-refractivity contribution is 7.86. The third kappa shape index (κ3) is 4.46. The molecule has 1 N–H and O–H groups in total. The van der Waals surface area contributed by atoms with Gasteiger partial charge in [-0.15, -0.1) is 5.10 Å². The molecule has 1 aromatic heterocycles. The molecular formula is C13H20N4O4S. The molecule has 0 aliphatic heterocycles. The van der Waals surface area contributed by atoms with E-state index in [1.807, 2.05) is 6.92 Å². The molecule has 0 radical (unpaired) electrons. The average Bonchev–Trinajstić information content (AvgIpc) is 2.76. The number of hydrogen-bond donors (Lipinski definition) is 1. The van der Waals surface area contributed by atoms with Crippen LogP contribution < -0.4 is 9.50 Å². The molecule has 1 amide bonds. The Kier molecular flexibility index (Phi) is 5.54. The van der Waals surface area contributed by atoms with E-state index in [1.165, 1.54) is 17.9 Å². The molecule has 0 saturated heterocycles. The lowest BCUT2D eigenvalue weighted by atomic mass is 9.92. The number of amides is 1. The second kappa shape index (κ2) is 6.79. The van der Waals surface area contributed by atoms with Gasteiger partial charge in [0.2, 0.25) is 0 Å². The summed E-state index contributed by atoms with van der Waals surface area (Å²) in [4.78, 5) is 12.4. The summed E-state index contributed by atoms with van der Waals surface area (Å²) < 4.78 is 28.4. The van der Waals surface area contributed by atoms with E-state index in [2.05, 4.69) is 16.5 Å². The van der Waals surface area contributed by atoms with Crippen molar-refractivity contribution in [2.45, 2.75) is 38.6 Å². The molecule has 1 heterocycles. The van der Waals surface area contributed by atoms with E-state index < -0.39 is 21.6 Å². The molecule has 0 spiro atoms. The lowest BCUT2D eigenvalue weighted by Gasteiger charge is -2.25. The summed E-state index contributed by atoms with van der Waals surface area (Å²) in [5.74, 6) is -0.898. The molecule has 0 aliphatic carbocycles. The number of carbonyl (C=O) groups is 1. The SMILES string of the molecule is CCCC(C#N)(CC)NC(=O)c1cn(C)nc1OS(C)(=O)=O. The summed E-state index contributed by atoms with van der Waals surface area (Å²) in [5, 5.41) is 15.8. The number of hydrogen-bond acceptors (Lipinski definition) is 6. The van der Waals surface area contributed by atoms with E-state index >= 15 is 0 Å². The van der Waals surface area contributed by atoms with Gasteiger partial charge < -0.3 is 9.50 Å². The first-order valence-electron chi connectivity index (χ1n) is 6.83. The van der Waals surface area contributed by atoms with Crippen LogP contribution in [-0.2, 0) is 17.2 Å². The van der Waals surface area contributed by atoms with Crippen LogP contribution in [0.4, 0.5) is 0 Å². The second-order valence-corrected chi connectivity index (χ2v) is 6.64. The molecule has 1 unspecified atom stereocenters. The molecule has 0 saturated carbocycles. The van der Waals surface area contributed by atoms with Crippen LogP contribution in [0.25, 0.3) is 0 Å². The normalized spacial score (nSPS) is 14.0. The summed E-state index contributed by atoms with van der Waals surface area (Å²) in [6, 6.07) is 2.12. The van der Waals surface area contributed by atoms with Crippen molar-refractivity contribution in [2.24, 2.45) is 7.05 Å². The third-order valence-corrected chi connectivity index (χ3v) is 3.58. The minimum Gasteiger partial charge on any atom is -0.359 e. The Balaban J connectivity index is 3.11. The molecule has 0 aromatic carbocycles. The van der Waals surface area contributed by atoms with Crippen LogP contribution in [0.15, 0.2) is 6.20 Å². The van der Waals surface area contributed by atoms with Gasteiger partial charge in [-0.25, -0.2) is 0 Å². The van der Waals surface area contributed by atoms with Crippen molar-refractivity contribution in [3.8, 4) is 11.9 Å². The fourth-order valence-corrected chi connectivity index (χ4v) is 2.44. The number of aryl methyl sites for hydroxylation is 1. The molecule has 9 heteroatoms. The van der Waals surface area contributed by atoms with Gasteiger partial charge in [-0.05, 0) is 12.8 Å². The van der Waals surface area contributed by atoms with Crippen molar-refractivity contribution in [2.75, 3.05) is 6.26 Å². The minimum absolute atomic E-state index is 0.0305. The van der Waals surface area contributed by atoms with Crippen molar-refractivity contribution >= 4 is 16.0 Å². The van der Waals surface area contributed by atoms with E-state index in [0.29, 0.717) is 12.8 Å². The molecule has 0 fully saturated rings. The average molecular weight is 328 g/mol. The Labute approximate surface area is 130 Å². The van der Waals surface area contributed by atoms with Crippen LogP contribution >= 0.6 is 0 Å². The Hall–Kier alpha value is -2.08. The van der Waals surface area contributed by atoms with Crippen molar-refractivity contribution in [3.63, 3.8) is 0 Å². The molecule has 122 valence electrons. The Bertz CT molecular complexity index is 689. The summed E-state index contributed by atoms with van der Waals surface area (Å²) in [6.07, 6.45) is 3.87. The zero-order chi connectivity index (χ0) is 17.0. The second-order valence-electron chi connectivity index (χ2n) is 5.06. The molecule has 22 heavy (non-hydrogen) atoms. The Morgan fingerprint density at radius 2 is 2.18 bits per heavy atom. The van der Waals surface area contributed by atoms with Gasteiger partial charge in [0.1, 0.15) is 11.1 Å². The maximum Gasteiger partial charge on any atom is 0.307 e. The highest BCUT2D eigenvalue weighted by Crippen LogP contribution is 2.21. The molecule has 1 atom stereocenters. The molecule has 1 rings (SSSR count). The number of nitriles is 1. The highest BCUT2D eigenvalue weighted by atomic mass is 32.2. The summed E-state index contributed by atoms with van der Waals surface area (Å²) in [6.45, 7) is 3.71. The fourth-order valence-electron chi connectivity index (χ4n) is 2.03. The van der Waals surface area contributed by atoms with Crippen molar-refractivity contribution in [1.29, 1.82) is 5.26 Å². The number of rotatable bonds is 7. The lowest BCUT2D eigenvalue weighted by Crippen LogP contribution is -2.46. The van der Waals surface area contributed by atoms with E-state index in [0.717, 1.165) is 12.7 Å². The van der Waals surface area contributed by atoms with Gasteiger partial charge in [-0.1, -0.05) is 20.3 Å². The van der Waals surface area contributed by atoms with E-state index in [1.54, 1.807) is 6.92 Å². The fraction of sp³-hybridized carbons (Fsp3) is 0.615. The van der Waals surface area contributed by atoms with Crippen LogP contribution in [0.2, 0.25) is 0 Å². The summed E-state index contributed by atoms with van der Waals surface area (Å²) >= 11 is 0. The van der Waals surface area contributed by atoms with E-state index in [9.17, 15) is 18.5 Å². The minimum atomic E-state index is -3.81. The molecule has 0 aliphatic rings. The maximum absolute atomic E-state index is 12.4. The predicted octanol–water partition coefficient (Wildman–Crippen LogP) is 0.961. The molecular weight excluding hydrogens is 308 g/mol. The first-order valence-corrected chi connectivity index (χ1v) is 8.65. The summed E-state index contributed by atoms with van der Waals surface area (Å²) in [5.41, 5.74) is -1.03. The number of aromatic nitrogens is 2. The van der Waals surface area contributed by atoms with Crippen LogP contribution in [0.5, 0.6) is 5.88 Å². The van der Waals surface area contributed by atoms with Crippen LogP contribution in [-0.4, -0.2) is 35.9 Å².